The Morgan fingerprint density at radius 3 is 1.67 bits per heavy atom. The van der Waals surface area contributed by atoms with Gasteiger partial charge < -0.3 is 9.79 Å². The second-order valence-electron chi connectivity index (χ2n) is 1.90. The van der Waals surface area contributed by atoms with Crippen LogP contribution in [0.1, 0.15) is 6.92 Å². The highest BCUT2D eigenvalue weighted by molar-refractivity contribution is 7.72. The molecule has 0 spiro atoms. The Morgan fingerprint density at radius 1 is 1.25 bits per heavy atom. The summed E-state index contributed by atoms with van der Waals surface area (Å²) in [7, 11) is -8.72. The van der Waals surface area contributed by atoms with Crippen LogP contribution in [0.5, 0.6) is 0 Å². The number of rotatable bonds is 4. The maximum Gasteiger partial charge on any atom is 0.377 e. The minimum atomic E-state index is -4.59. The van der Waals surface area contributed by atoms with E-state index in [0.29, 0.717) is 0 Å². The van der Waals surface area contributed by atoms with Crippen LogP contribution in [-0.4, -0.2) is 15.2 Å². The fourth-order valence-corrected chi connectivity index (χ4v) is 3.62. The molecule has 0 bridgehead atoms. The van der Waals surface area contributed by atoms with Crippen LogP contribution >= 0.6 is 38.9 Å². The molecular formula is C2H6Cl2O6P2. The average molecular weight is 259 g/mol. The van der Waals surface area contributed by atoms with Crippen molar-refractivity contribution in [3.8, 4) is 0 Å². The van der Waals surface area contributed by atoms with E-state index in [1.54, 1.807) is 0 Å². The van der Waals surface area contributed by atoms with Gasteiger partial charge in [0.05, 0.1) is 23.7 Å². The fourth-order valence-electron chi connectivity index (χ4n) is 0.310. The van der Waals surface area contributed by atoms with E-state index in [1.807, 2.05) is 0 Å². The van der Waals surface area contributed by atoms with Crippen molar-refractivity contribution < 1.29 is 27.1 Å². The van der Waals surface area contributed by atoms with Crippen LogP contribution in [0.15, 0.2) is 0 Å². The zero-order chi connectivity index (χ0) is 9.99. The third-order valence-corrected chi connectivity index (χ3v) is 6.32. The van der Waals surface area contributed by atoms with Crippen LogP contribution < -0.4 is 0 Å². The van der Waals surface area contributed by atoms with Crippen LogP contribution in [-0.2, 0) is 17.3 Å². The van der Waals surface area contributed by atoms with Crippen LogP contribution in [0, 0.1) is 0 Å². The molecule has 0 radical (unpaired) electrons. The Morgan fingerprint density at radius 2 is 1.58 bits per heavy atom. The summed E-state index contributed by atoms with van der Waals surface area (Å²) >= 11 is 9.39. The molecule has 0 aromatic heterocycles. The molecule has 0 aliphatic rings. The molecule has 0 aromatic carbocycles. The van der Waals surface area contributed by atoms with Crippen molar-refractivity contribution >= 4 is 38.9 Å². The molecule has 0 aromatic rings. The normalized spacial score (nSPS) is 16.1. The zero-order valence-corrected chi connectivity index (χ0v) is 9.06. The van der Waals surface area contributed by atoms with Gasteiger partial charge in [0.25, 0.3) is 0 Å². The molecule has 1 unspecified atom stereocenters. The van der Waals surface area contributed by atoms with Crippen molar-refractivity contribution in [1.29, 1.82) is 0 Å². The Labute approximate surface area is 78.8 Å². The van der Waals surface area contributed by atoms with Gasteiger partial charge in [0.1, 0.15) is 0 Å². The van der Waals surface area contributed by atoms with Crippen molar-refractivity contribution in [2.45, 2.75) is 12.3 Å². The Bertz CT molecular complexity index is 228. The largest absolute Gasteiger partial charge is 0.377 e. The fraction of sp³-hybridized carbons (Fsp3) is 1.00. The highest BCUT2D eigenvalue weighted by Gasteiger charge is 2.44. The van der Waals surface area contributed by atoms with Gasteiger partial charge in [-0.05, 0) is 6.92 Å². The zero-order valence-electron chi connectivity index (χ0n) is 5.76. The first-order chi connectivity index (χ1) is 5.28. The summed E-state index contributed by atoms with van der Waals surface area (Å²) in [4.78, 5) is 17.1. The molecule has 12 heavy (non-hydrogen) atoms. The van der Waals surface area contributed by atoms with Crippen LogP contribution in [0.25, 0.3) is 0 Å². The van der Waals surface area contributed by atoms with Gasteiger partial charge in [-0.2, -0.15) is 8.15 Å². The van der Waals surface area contributed by atoms with Crippen LogP contribution in [0.3, 0.4) is 0 Å². The van der Waals surface area contributed by atoms with Crippen LogP contribution in [0.4, 0.5) is 0 Å². The number of hydrogen-bond acceptors (Lipinski definition) is 4. The monoisotopic (exact) mass is 258 g/mol. The molecular weight excluding hydrogens is 253 g/mol. The molecule has 0 amide bonds. The van der Waals surface area contributed by atoms with E-state index in [-0.39, 0.29) is 0 Å². The van der Waals surface area contributed by atoms with Gasteiger partial charge in [0, 0.05) is 0 Å². The Balaban J connectivity index is 4.78. The average Bonchev–Trinajstić information content (AvgIpc) is 2.00. The summed E-state index contributed by atoms with van der Waals surface area (Å²) in [5, 5.41) is -1.69. The van der Waals surface area contributed by atoms with Gasteiger partial charge in [-0.1, -0.05) is 0 Å². The summed E-state index contributed by atoms with van der Waals surface area (Å²) in [6, 6.07) is 0. The first kappa shape index (κ1) is 12.9. The summed E-state index contributed by atoms with van der Waals surface area (Å²) in [5.41, 5.74) is 0. The van der Waals surface area contributed by atoms with Gasteiger partial charge in [-0.25, -0.2) is 0 Å². The number of halogens is 2. The van der Waals surface area contributed by atoms with E-state index in [1.165, 1.54) is 0 Å². The third kappa shape index (κ3) is 2.98. The summed E-state index contributed by atoms with van der Waals surface area (Å²) in [6.45, 7) is 0.951. The molecule has 0 saturated heterocycles. The smallest absolute Gasteiger partial charge is 0.324 e. The topological polar surface area (TPSA) is 93.1 Å². The third-order valence-electron chi connectivity index (χ3n) is 1.14. The predicted molar refractivity (Wildman–Crippen MR) is 43.0 cm³/mol. The standard InChI is InChI=1S/C2H6Cl2O6P2/c1-2(11(5,6)7)12(8,9-3)10-4/h2H,1H3,(H2,5,6,7). The van der Waals surface area contributed by atoms with E-state index in [0.717, 1.165) is 6.92 Å². The van der Waals surface area contributed by atoms with Gasteiger partial charge >= 0.3 is 15.2 Å². The predicted octanol–water partition coefficient (Wildman–Crippen LogP) is 2.04. The summed E-state index contributed by atoms with van der Waals surface area (Å²) in [5.74, 6) is 0. The molecule has 0 rings (SSSR count). The highest BCUT2D eigenvalue weighted by Crippen LogP contribution is 2.66. The van der Waals surface area contributed by atoms with Crippen LogP contribution in [0.2, 0.25) is 0 Å². The van der Waals surface area contributed by atoms with E-state index in [4.69, 9.17) is 33.5 Å². The molecule has 0 fully saturated rings. The van der Waals surface area contributed by atoms with Crippen molar-refractivity contribution in [2.75, 3.05) is 0 Å². The minimum absolute atomic E-state index is 0.951. The maximum atomic E-state index is 11.1. The molecule has 0 aliphatic carbocycles. The molecule has 74 valence electrons. The van der Waals surface area contributed by atoms with E-state index < -0.39 is 20.6 Å². The molecule has 0 saturated carbocycles. The summed E-state index contributed by atoms with van der Waals surface area (Å²) in [6.07, 6.45) is 0. The van der Waals surface area contributed by atoms with E-state index in [9.17, 15) is 9.13 Å². The lowest BCUT2D eigenvalue weighted by atomic mass is 11.0. The first-order valence-electron chi connectivity index (χ1n) is 2.53. The molecule has 1 atom stereocenters. The molecule has 2 N–H and O–H groups in total. The second kappa shape index (κ2) is 4.40. The van der Waals surface area contributed by atoms with Crippen molar-refractivity contribution in [3.05, 3.63) is 0 Å². The van der Waals surface area contributed by atoms with Crippen molar-refractivity contribution in [2.24, 2.45) is 0 Å². The second-order valence-corrected chi connectivity index (χ2v) is 7.22. The SMILES string of the molecule is CC(P(=O)(O)O)P(=O)(OCl)OCl. The lowest BCUT2D eigenvalue weighted by Gasteiger charge is -2.17. The first-order valence-corrected chi connectivity index (χ1v) is 6.44. The quantitative estimate of drug-likeness (QED) is 0.750. The number of hydrogen-bond donors (Lipinski definition) is 2. The summed E-state index contributed by atoms with van der Waals surface area (Å²) < 4.78 is 29.2. The highest BCUT2D eigenvalue weighted by atomic mass is 35.5. The Hall–Kier alpha value is 0.880. The lowest BCUT2D eigenvalue weighted by molar-refractivity contribution is 0.356. The maximum absolute atomic E-state index is 11.1. The van der Waals surface area contributed by atoms with Gasteiger partial charge in [-0.3, -0.25) is 9.13 Å². The molecule has 0 aliphatic heterocycles. The minimum Gasteiger partial charge on any atom is -0.324 e. The molecule has 6 nitrogen and oxygen atoms in total. The van der Waals surface area contributed by atoms with Gasteiger partial charge in [0.2, 0.25) is 0 Å². The lowest BCUT2D eigenvalue weighted by Crippen LogP contribution is -2.04. The van der Waals surface area contributed by atoms with E-state index >= 15 is 0 Å². The van der Waals surface area contributed by atoms with Gasteiger partial charge in [-0.15, -0.1) is 0 Å². The molecule has 0 heterocycles. The van der Waals surface area contributed by atoms with Crippen molar-refractivity contribution in [3.63, 3.8) is 0 Å². The van der Waals surface area contributed by atoms with Gasteiger partial charge in [0.15, 0.2) is 5.40 Å². The molecule has 10 heteroatoms. The van der Waals surface area contributed by atoms with E-state index in [2.05, 4.69) is 8.15 Å². The van der Waals surface area contributed by atoms with Crippen molar-refractivity contribution in [1.82, 2.24) is 0 Å². The Kier molecular flexibility index (Phi) is 4.72.